The Hall–Kier alpha value is -4.10. The second-order valence-corrected chi connectivity index (χ2v) is 8.67. The highest BCUT2D eigenvalue weighted by atomic mass is 35.5. The average molecular weight is 490 g/mol. The lowest BCUT2D eigenvalue weighted by atomic mass is 10.1. The van der Waals surface area contributed by atoms with E-state index in [0.29, 0.717) is 17.0 Å². The first kappa shape index (κ1) is 24.0. The minimum absolute atomic E-state index is 0.157. The van der Waals surface area contributed by atoms with Gasteiger partial charge in [-0.3, -0.25) is 14.5 Å². The number of anilines is 1. The molecule has 0 bridgehead atoms. The maximum atomic E-state index is 12.8. The van der Waals surface area contributed by atoms with E-state index in [1.54, 1.807) is 24.3 Å². The van der Waals surface area contributed by atoms with Crippen LogP contribution in [0.25, 0.3) is 6.08 Å². The van der Waals surface area contributed by atoms with Crippen LogP contribution in [0.15, 0.2) is 72.4 Å². The van der Waals surface area contributed by atoms with E-state index >= 15 is 0 Å². The second-order valence-electron chi connectivity index (χ2n) is 8.26. The predicted molar refractivity (Wildman–Crippen MR) is 135 cm³/mol. The molecule has 1 aliphatic heterocycles. The van der Waals surface area contributed by atoms with Gasteiger partial charge in [0, 0.05) is 5.69 Å². The molecule has 7 nitrogen and oxygen atoms in total. The molecular formula is C27H24ClN3O4. The van der Waals surface area contributed by atoms with Gasteiger partial charge in [0.15, 0.2) is 6.61 Å². The van der Waals surface area contributed by atoms with Crippen LogP contribution in [0.3, 0.4) is 0 Å². The Morgan fingerprint density at radius 2 is 1.80 bits per heavy atom. The minimum Gasteiger partial charge on any atom is -0.482 e. The van der Waals surface area contributed by atoms with Crippen LogP contribution in [0.4, 0.5) is 10.5 Å². The van der Waals surface area contributed by atoms with Gasteiger partial charge in [0.2, 0.25) is 0 Å². The fraction of sp³-hybridized carbons (Fsp3) is 0.148. The monoisotopic (exact) mass is 489 g/mol. The van der Waals surface area contributed by atoms with Gasteiger partial charge in [0.25, 0.3) is 11.8 Å². The number of hydrogen-bond acceptors (Lipinski definition) is 4. The van der Waals surface area contributed by atoms with Gasteiger partial charge in [0.1, 0.15) is 11.4 Å². The van der Waals surface area contributed by atoms with Crippen LogP contribution in [0.5, 0.6) is 5.75 Å². The molecule has 1 heterocycles. The first-order chi connectivity index (χ1) is 16.8. The standard InChI is InChI=1S/C27H24ClN3O4/c1-17-6-9-21(10-7-17)29-25(32)16-35-24-11-8-19(13-22(24)28)14-23-26(33)31(27(34)30-23)15-20-5-3-4-18(2)12-20/h3-14H,15-16H2,1-2H3,(H,29,32)(H,30,34)/b23-14+. The van der Waals surface area contributed by atoms with Crippen molar-refractivity contribution in [2.24, 2.45) is 0 Å². The highest BCUT2D eigenvalue weighted by Crippen LogP contribution is 2.27. The molecule has 8 heteroatoms. The molecule has 0 aromatic heterocycles. The lowest BCUT2D eigenvalue weighted by Gasteiger charge is -2.12. The van der Waals surface area contributed by atoms with E-state index in [-0.39, 0.29) is 29.8 Å². The van der Waals surface area contributed by atoms with E-state index in [0.717, 1.165) is 21.6 Å². The number of urea groups is 1. The Morgan fingerprint density at radius 3 is 2.51 bits per heavy atom. The van der Waals surface area contributed by atoms with Crippen molar-refractivity contribution in [3.8, 4) is 5.75 Å². The first-order valence-electron chi connectivity index (χ1n) is 11.0. The number of imide groups is 1. The summed E-state index contributed by atoms with van der Waals surface area (Å²) in [7, 11) is 0. The highest BCUT2D eigenvalue weighted by molar-refractivity contribution is 6.32. The summed E-state index contributed by atoms with van der Waals surface area (Å²) in [5.74, 6) is -0.402. The molecule has 0 unspecified atom stereocenters. The fourth-order valence-electron chi connectivity index (χ4n) is 3.58. The molecule has 1 saturated heterocycles. The molecule has 0 aliphatic carbocycles. The van der Waals surface area contributed by atoms with Gasteiger partial charge in [-0.1, -0.05) is 65.2 Å². The maximum absolute atomic E-state index is 12.8. The van der Waals surface area contributed by atoms with E-state index in [1.807, 2.05) is 62.4 Å². The van der Waals surface area contributed by atoms with Crippen molar-refractivity contribution in [3.63, 3.8) is 0 Å². The zero-order valence-electron chi connectivity index (χ0n) is 19.3. The zero-order chi connectivity index (χ0) is 24.9. The molecule has 4 rings (SSSR count). The molecule has 1 fully saturated rings. The topological polar surface area (TPSA) is 87.7 Å². The SMILES string of the molecule is Cc1ccc(NC(=O)COc2ccc(/C=C3/NC(=O)N(Cc4cccc(C)c4)C3=O)cc2Cl)cc1. The first-order valence-corrected chi connectivity index (χ1v) is 11.4. The molecule has 4 amide bonds. The van der Waals surface area contributed by atoms with Crippen LogP contribution in [0.2, 0.25) is 5.02 Å². The summed E-state index contributed by atoms with van der Waals surface area (Å²) in [6, 6.07) is 19.5. The fourth-order valence-corrected chi connectivity index (χ4v) is 3.82. The number of hydrogen-bond donors (Lipinski definition) is 2. The molecule has 2 N–H and O–H groups in total. The minimum atomic E-state index is -0.478. The van der Waals surface area contributed by atoms with E-state index in [2.05, 4.69) is 10.6 Å². The lowest BCUT2D eigenvalue weighted by molar-refractivity contribution is -0.123. The number of ether oxygens (including phenoxy) is 1. The van der Waals surface area contributed by atoms with Gasteiger partial charge < -0.3 is 15.4 Å². The van der Waals surface area contributed by atoms with Crippen LogP contribution in [-0.4, -0.2) is 29.4 Å². The van der Waals surface area contributed by atoms with Crippen molar-refractivity contribution >= 4 is 41.2 Å². The van der Waals surface area contributed by atoms with Gasteiger partial charge in [-0.15, -0.1) is 0 Å². The third-order valence-electron chi connectivity index (χ3n) is 5.35. The van der Waals surface area contributed by atoms with Crippen molar-refractivity contribution in [1.82, 2.24) is 10.2 Å². The van der Waals surface area contributed by atoms with Crippen LogP contribution >= 0.6 is 11.6 Å². The summed E-state index contributed by atoms with van der Waals surface area (Å²) in [6.07, 6.45) is 1.55. The molecule has 0 atom stereocenters. The summed E-state index contributed by atoms with van der Waals surface area (Å²) in [5, 5.41) is 5.64. The van der Waals surface area contributed by atoms with E-state index in [4.69, 9.17) is 16.3 Å². The van der Waals surface area contributed by atoms with Crippen LogP contribution < -0.4 is 15.4 Å². The highest BCUT2D eigenvalue weighted by Gasteiger charge is 2.33. The summed E-state index contributed by atoms with van der Waals surface area (Å²) in [4.78, 5) is 38.5. The molecule has 1 aliphatic rings. The molecule has 0 spiro atoms. The molecular weight excluding hydrogens is 466 g/mol. The largest absolute Gasteiger partial charge is 0.482 e. The Labute approximate surface area is 208 Å². The molecule has 178 valence electrons. The van der Waals surface area contributed by atoms with Crippen molar-refractivity contribution in [2.45, 2.75) is 20.4 Å². The van der Waals surface area contributed by atoms with Gasteiger partial charge in [0.05, 0.1) is 11.6 Å². The molecule has 3 aromatic rings. The number of aryl methyl sites for hydroxylation is 2. The molecule has 35 heavy (non-hydrogen) atoms. The van der Waals surface area contributed by atoms with E-state index in [9.17, 15) is 14.4 Å². The predicted octanol–water partition coefficient (Wildman–Crippen LogP) is 5.07. The van der Waals surface area contributed by atoms with Gasteiger partial charge in [-0.05, 0) is 55.3 Å². The van der Waals surface area contributed by atoms with Crippen LogP contribution in [0, 0.1) is 13.8 Å². The zero-order valence-corrected chi connectivity index (χ0v) is 20.1. The smallest absolute Gasteiger partial charge is 0.329 e. The normalized spacial score (nSPS) is 14.3. The summed E-state index contributed by atoms with van der Waals surface area (Å²) in [5.41, 5.74) is 4.45. The van der Waals surface area contributed by atoms with E-state index in [1.165, 1.54) is 0 Å². The Bertz CT molecular complexity index is 1320. The molecule has 0 radical (unpaired) electrons. The van der Waals surface area contributed by atoms with Crippen molar-refractivity contribution < 1.29 is 19.1 Å². The Balaban J connectivity index is 1.38. The number of nitrogens with zero attached hydrogens (tertiary/aromatic N) is 1. The number of rotatable bonds is 7. The molecule has 0 saturated carbocycles. The van der Waals surface area contributed by atoms with E-state index < -0.39 is 11.9 Å². The average Bonchev–Trinajstić information content (AvgIpc) is 3.07. The lowest BCUT2D eigenvalue weighted by Crippen LogP contribution is -2.30. The summed E-state index contributed by atoms with van der Waals surface area (Å²) < 4.78 is 5.54. The number of halogens is 1. The summed E-state index contributed by atoms with van der Waals surface area (Å²) >= 11 is 6.32. The third kappa shape index (κ3) is 6.07. The van der Waals surface area contributed by atoms with Crippen molar-refractivity contribution in [1.29, 1.82) is 0 Å². The number of carbonyl (C=O) groups is 3. The van der Waals surface area contributed by atoms with Crippen molar-refractivity contribution in [2.75, 3.05) is 11.9 Å². The quantitative estimate of drug-likeness (QED) is 0.358. The summed E-state index contributed by atoms with van der Waals surface area (Å²) in [6.45, 7) is 3.89. The van der Waals surface area contributed by atoms with Crippen LogP contribution in [0.1, 0.15) is 22.3 Å². The third-order valence-corrected chi connectivity index (χ3v) is 5.64. The number of carbonyl (C=O) groups excluding carboxylic acids is 3. The number of amides is 4. The van der Waals surface area contributed by atoms with Gasteiger partial charge >= 0.3 is 6.03 Å². The Kier molecular flexibility index (Phi) is 7.17. The van der Waals surface area contributed by atoms with Crippen molar-refractivity contribution in [3.05, 3.63) is 99.7 Å². The van der Waals surface area contributed by atoms with Crippen LogP contribution in [-0.2, 0) is 16.1 Å². The van der Waals surface area contributed by atoms with Gasteiger partial charge in [-0.2, -0.15) is 0 Å². The number of nitrogens with one attached hydrogen (secondary N) is 2. The Morgan fingerprint density at radius 1 is 1.03 bits per heavy atom. The second kappa shape index (κ2) is 10.4. The number of benzene rings is 3. The molecule has 3 aromatic carbocycles. The van der Waals surface area contributed by atoms with Gasteiger partial charge in [-0.25, -0.2) is 4.79 Å². The maximum Gasteiger partial charge on any atom is 0.329 e.